The molecule has 0 bridgehead atoms. The molecule has 0 unspecified atom stereocenters. The number of methoxy groups -OCH3 is 1. The molecular weight excluding hydrogens is 376 g/mol. The molecule has 2 aromatic carbocycles. The molecule has 2 aliphatic rings. The topological polar surface area (TPSA) is 91.1 Å². The smallest absolute Gasteiger partial charge is 0.311 e. The standard InChI is InChI=1S/C21H22N2O6/c1-27-18-7-6-15(12-17(18)23(25)26)21(24)22-9-2-4-16(22)14-5-8-19-20(13-14)29-11-3-10-28-19/h5-8,12-13,16H,2-4,9-11H2,1H3/t16-/m0/s1. The Kier molecular flexibility index (Phi) is 5.24. The maximum absolute atomic E-state index is 13.2. The number of fused-ring (bicyclic) bond motifs is 1. The van der Waals surface area contributed by atoms with Gasteiger partial charge in [-0.25, -0.2) is 0 Å². The molecule has 0 aromatic heterocycles. The summed E-state index contributed by atoms with van der Waals surface area (Å²) < 4.78 is 16.5. The van der Waals surface area contributed by atoms with Crippen LogP contribution >= 0.6 is 0 Å². The monoisotopic (exact) mass is 398 g/mol. The third-order valence-corrected chi connectivity index (χ3v) is 5.29. The Morgan fingerprint density at radius 1 is 1.14 bits per heavy atom. The van der Waals surface area contributed by atoms with Crippen molar-refractivity contribution in [1.82, 2.24) is 4.90 Å². The van der Waals surface area contributed by atoms with E-state index in [1.165, 1.54) is 19.2 Å². The van der Waals surface area contributed by atoms with Crippen LogP contribution in [0, 0.1) is 10.1 Å². The second-order valence-corrected chi connectivity index (χ2v) is 7.06. The summed E-state index contributed by atoms with van der Waals surface area (Å²) in [4.78, 5) is 25.7. The van der Waals surface area contributed by atoms with Crippen LogP contribution in [0.4, 0.5) is 5.69 Å². The zero-order chi connectivity index (χ0) is 20.4. The molecule has 8 heteroatoms. The Morgan fingerprint density at radius 3 is 2.69 bits per heavy atom. The lowest BCUT2D eigenvalue weighted by Gasteiger charge is -2.26. The minimum Gasteiger partial charge on any atom is -0.490 e. The van der Waals surface area contributed by atoms with Gasteiger partial charge in [0.05, 0.1) is 31.3 Å². The Labute approximate surface area is 168 Å². The van der Waals surface area contributed by atoms with E-state index in [1.807, 2.05) is 18.2 Å². The molecule has 0 aliphatic carbocycles. The molecule has 29 heavy (non-hydrogen) atoms. The van der Waals surface area contributed by atoms with Gasteiger partial charge in [-0.15, -0.1) is 0 Å². The van der Waals surface area contributed by atoms with Gasteiger partial charge in [0, 0.05) is 24.6 Å². The van der Waals surface area contributed by atoms with Crippen LogP contribution in [-0.4, -0.2) is 42.6 Å². The first-order valence-electron chi connectivity index (χ1n) is 9.61. The number of rotatable bonds is 4. The average Bonchev–Trinajstić information content (AvgIpc) is 3.11. The number of nitrogens with zero attached hydrogens (tertiary/aromatic N) is 2. The van der Waals surface area contributed by atoms with E-state index in [9.17, 15) is 14.9 Å². The van der Waals surface area contributed by atoms with Crippen molar-refractivity contribution in [2.45, 2.75) is 25.3 Å². The zero-order valence-corrected chi connectivity index (χ0v) is 16.1. The van der Waals surface area contributed by atoms with E-state index in [0.717, 1.165) is 24.8 Å². The fourth-order valence-electron chi connectivity index (χ4n) is 3.88. The highest BCUT2D eigenvalue weighted by atomic mass is 16.6. The van der Waals surface area contributed by atoms with Crippen molar-refractivity contribution in [2.75, 3.05) is 26.9 Å². The van der Waals surface area contributed by atoms with E-state index in [-0.39, 0.29) is 28.9 Å². The summed E-state index contributed by atoms with van der Waals surface area (Å²) in [7, 11) is 1.37. The zero-order valence-electron chi connectivity index (χ0n) is 16.1. The molecule has 0 saturated carbocycles. The molecule has 1 fully saturated rings. The van der Waals surface area contributed by atoms with Gasteiger partial charge in [0.15, 0.2) is 17.2 Å². The van der Waals surface area contributed by atoms with Crippen LogP contribution in [-0.2, 0) is 0 Å². The minimum absolute atomic E-state index is 0.110. The predicted molar refractivity (Wildman–Crippen MR) is 105 cm³/mol. The summed E-state index contributed by atoms with van der Waals surface area (Å²) in [5, 5.41) is 11.3. The molecule has 4 rings (SSSR count). The highest BCUT2D eigenvalue weighted by molar-refractivity contribution is 5.95. The molecule has 1 atom stereocenters. The Hall–Kier alpha value is -3.29. The maximum Gasteiger partial charge on any atom is 0.311 e. The van der Waals surface area contributed by atoms with Crippen molar-refractivity contribution in [3.8, 4) is 17.2 Å². The van der Waals surface area contributed by atoms with E-state index in [0.29, 0.717) is 31.3 Å². The molecule has 2 heterocycles. The number of likely N-dealkylation sites (tertiary alicyclic amines) is 1. The van der Waals surface area contributed by atoms with E-state index >= 15 is 0 Å². The van der Waals surface area contributed by atoms with Gasteiger partial charge in [0.1, 0.15) is 0 Å². The lowest BCUT2D eigenvalue weighted by molar-refractivity contribution is -0.385. The number of nitro benzene ring substituents is 1. The third-order valence-electron chi connectivity index (χ3n) is 5.29. The second kappa shape index (κ2) is 7.98. The van der Waals surface area contributed by atoms with Crippen molar-refractivity contribution in [3.63, 3.8) is 0 Å². The number of nitro groups is 1. The van der Waals surface area contributed by atoms with Crippen molar-refractivity contribution in [1.29, 1.82) is 0 Å². The molecule has 0 spiro atoms. The summed E-state index contributed by atoms with van der Waals surface area (Å²) in [5.74, 6) is 1.31. The van der Waals surface area contributed by atoms with E-state index in [2.05, 4.69) is 0 Å². The first-order valence-corrected chi connectivity index (χ1v) is 9.61. The van der Waals surface area contributed by atoms with Crippen molar-refractivity contribution in [2.24, 2.45) is 0 Å². The van der Waals surface area contributed by atoms with Crippen LogP contribution in [0.3, 0.4) is 0 Å². The van der Waals surface area contributed by atoms with Gasteiger partial charge in [-0.1, -0.05) is 6.07 Å². The van der Waals surface area contributed by atoms with Gasteiger partial charge in [-0.2, -0.15) is 0 Å². The molecular formula is C21H22N2O6. The molecule has 0 radical (unpaired) electrons. The fourth-order valence-corrected chi connectivity index (χ4v) is 3.88. The van der Waals surface area contributed by atoms with Gasteiger partial charge in [-0.3, -0.25) is 14.9 Å². The summed E-state index contributed by atoms with van der Waals surface area (Å²) in [5.41, 5.74) is 1.03. The van der Waals surface area contributed by atoms with Crippen LogP contribution in [0.2, 0.25) is 0 Å². The Bertz CT molecular complexity index is 945. The quantitative estimate of drug-likeness (QED) is 0.576. The largest absolute Gasteiger partial charge is 0.490 e. The van der Waals surface area contributed by atoms with E-state index < -0.39 is 4.92 Å². The summed E-state index contributed by atoms with van der Waals surface area (Å²) in [6, 6.07) is 9.98. The Balaban J connectivity index is 1.62. The van der Waals surface area contributed by atoms with Crippen molar-refractivity contribution < 1.29 is 23.9 Å². The van der Waals surface area contributed by atoms with Gasteiger partial charge in [0.25, 0.3) is 5.91 Å². The van der Waals surface area contributed by atoms with Gasteiger partial charge in [-0.05, 0) is 42.7 Å². The second-order valence-electron chi connectivity index (χ2n) is 7.06. The normalized spacial score (nSPS) is 18.2. The molecule has 1 saturated heterocycles. The highest BCUT2D eigenvalue weighted by Crippen LogP contribution is 2.39. The summed E-state index contributed by atoms with van der Waals surface area (Å²) in [6.07, 6.45) is 2.51. The SMILES string of the molecule is COc1ccc(C(=O)N2CCC[C@H]2c2ccc3c(c2)OCCCO3)cc1[N+](=O)[O-]. The van der Waals surface area contributed by atoms with Crippen LogP contribution in [0.5, 0.6) is 17.2 Å². The first-order chi connectivity index (χ1) is 14.1. The van der Waals surface area contributed by atoms with Crippen LogP contribution < -0.4 is 14.2 Å². The lowest BCUT2D eigenvalue weighted by atomic mass is 10.0. The van der Waals surface area contributed by atoms with E-state index in [4.69, 9.17) is 14.2 Å². The number of hydrogen-bond acceptors (Lipinski definition) is 6. The van der Waals surface area contributed by atoms with Crippen LogP contribution in [0.15, 0.2) is 36.4 Å². The molecule has 0 N–H and O–H groups in total. The maximum atomic E-state index is 13.2. The summed E-state index contributed by atoms with van der Waals surface area (Å²) >= 11 is 0. The van der Waals surface area contributed by atoms with Crippen molar-refractivity contribution >= 4 is 11.6 Å². The molecule has 2 aromatic rings. The average molecular weight is 398 g/mol. The number of carbonyl (C=O) groups is 1. The summed E-state index contributed by atoms with van der Waals surface area (Å²) in [6.45, 7) is 1.81. The predicted octanol–water partition coefficient (Wildman–Crippen LogP) is 3.74. The van der Waals surface area contributed by atoms with E-state index in [1.54, 1.807) is 11.0 Å². The number of hydrogen-bond donors (Lipinski definition) is 0. The molecule has 152 valence electrons. The van der Waals surface area contributed by atoms with Crippen LogP contribution in [0.1, 0.15) is 41.2 Å². The van der Waals surface area contributed by atoms with Crippen LogP contribution in [0.25, 0.3) is 0 Å². The van der Waals surface area contributed by atoms with Gasteiger partial charge in [0.2, 0.25) is 0 Å². The van der Waals surface area contributed by atoms with Gasteiger partial charge >= 0.3 is 5.69 Å². The number of ether oxygens (including phenoxy) is 3. The number of carbonyl (C=O) groups excluding carboxylic acids is 1. The lowest BCUT2D eigenvalue weighted by Crippen LogP contribution is -2.30. The first kappa shape index (κ1) is 19.0. The molecule has 2 aliphatic heterocycles. The molecule has 1 amide bonds. The van der Waals surface area contributed by atoms with Crippen molar-refractivity contribution in [3.05, 3.63) is 57.6 Å². The molecule has 8 nitrogen and oxygen atoms in total. The Morgan fingerprint density at radius 2 is 1.93 bits per heavy atom. The minimum atomic E-state index is -0.541. The highest BCUT2D eigenvalue weighted by Gasteiger charge is 2.32. The fraction of sp³-hybridized carbons (Fsp3) is 0.381. The number of amides is 1. The third kappa shape index (κ3) is 3.70. The number of benzene rings is 2. The van der Waals surface area contributed by atoms with Gasteiger partial charge < -0.3 is 19.1 Å².